The largest absolute Gasteiger partial charge is 0.416 e. The van der Waals surface area contributed by atoms with Gasteiger partial charge in [-0.05, 0) is 68.3 Å². The van der Waals surface area contributed by atoms with Gasteiger partial charge in [-0.3, -0.25) is 13.9 Å². The SMILES string of the molecule is CC[C@@H](C)NC(=O)[C@@H](C)N(Cc1cccc(Cl)c1)C(=O)CN(c1cccc(C(F)(F)F)c1)S(=O)(=O)c1ccccc1. The summed E-state index contributed by atoms with van der Waals surface area (Å²) in [6, 6.07) is 16.2. The van der Waals surface area contributed by atoms with Gasteiger partial charge in [0.2, 0.25) is 11.8 Å². The number of carbonyl (C=O) groups is 2. The van der Waals surface area contributed by atoms with Crippen molar-refractivity contribution in [2.45, 2.75) is 56.9 Å². The van der Waals surface area contributed by atoms with E-state index in [0.717, 1.165) is 12.1 Å². The monoisotopic (exact) mass is 609 g/mol. The van der Waals surface area contributed by atoms with Crippen LogP contribution < -0.4 is 9.62 Å². The van der Waals surface area contributed by atoms with Gasteiger partial charge in [-0.1, -0.05) is 54.9 Å². The van der Waals surface area contributed by atoms with Gasteiger partial charge in [0.25, 0.3) is 10.0 Å². The van der Waals surface area contributed by atoms with Gasteiger partial charge < -0.3 is 10.2 Å². The molecule has 2 atom stereocenters. The molecule has 0 radical (unpaired) electrons. The number of nitrogens with zero attached hydrogens (tertiary/aromatic N) is 2. The van der Waals surface area contributed by atoms with Crippen LogP contribution in [0.15, 0.2) is 83.8 Å². The normalized spacial score (nSPS) is 13.2. The Hall–Kier alpha value is -3.57. The number of alkyl halides is 3. The number of hydrogen-bond donors (Lipinski definition) is 1. The Morgan fingerprint density at radius 3 is 2.22 bits per heavy atom. The highest BCUT2D eigenvalue weighted by molar-refractivity contribution is 7.92. The van der Waals surface area contributed by atoms with Crippen LogP contribution in [0.1, 0.15) is 38.3 Å². The van der Waals surface area contributed by atoms with Crippen molar-refractivity contribution in [2.75, 3.05) is 10.8 Å². The van der Waals surface area contributed by atoms with E-state index in [1.165, 1.54) is 42.2 Å². The summed E-state index contributed by atoms with van der Waals surface area (Å²) >= 11 is 6.12. The van der Waals surface area contributed by atoms with E-state index in [1.54, 1.807) is 37.3 Å². The number of rotatable bonds is 11. The number of hydrogen-bond acceptors (Lipinski definition) is 4. The molecule has 0 heterocycles. The maximum Gasteiger partial charge on any atom is 0.416 e. The van der Waals surface area contributed by atoms with E-state index >= 15 is 0 Å². The first kappa shape index (κ1) is 32.0. The van der Waals surface area contributed by atoms with E-state index in [2.05, 4.69) is 5.32 Å². The van der Waals surface area contributed by atoms with E-state index in [-0.39, 0.29) is 23.2 Å². The zero-order valence-corrected chi connectivity index (χ0v) is 24.3. The minimum atomic E-state index is -4.75. The lowest BCUT2D eigenvalue weighted by Crippen LogP contribution is -2.52. The molecule has 3 aromatic carbocycles. The van der Waals surface area contributed by atoms with Crippen molar-refractivity contribution in [1.29, 1.82) is 0 Å². The Morgan fingerprint density at radius 1 is 0.951 bits per heavy atom. The summed E-state index contributed by atoms with van der Waals surface area (Å²) in [5.74, 6) is -1.26. The molecular formula is C29H31ClF3N3O4S. The molecule has 0 aromatic heterocycles. The quantitative estimate of drug-likeness (QED) is 0.294. The van der Waals surface area contributed by atoms with Gasteiger partial charge in [0, 0.05) is 17.6 Å². The number of nitrogens with one attached hydrogen (secondary N) is 1. The number of anilines is 1. The van der Waals surface area contributed by atoms with Crippen LogP contribution in [-0.4, -0.2) is 43.8 Å². The molecule has 0 saturated heterocycles. The second-order valence-corrected chi connectivity index (χ2v) is 11.8. The second-order valence-electron chi connectivity index (χ2n) is 9.52. The van der Waals surface area contributed by atoms with E-state index < -0.39 is 46.2 Å². The summed E-state index contributed by atoms with van der Waals surface area (Å²) in [5, 5.41) is 3.20. The number of carbonyl (C=O) groups excluding carboxylic acids is 2. The van der Waals surface area contributed by atoms with Crippen LogP contribution in [0.25, 0.3) is 0 Å². The van der Waals surface area contributed by atoms with Crippen LogP contribution in [0, 0.1) is 0 Å². The van der Waals surface area contributed by atoms with Gasteiger partial charge in [0.05, 0.1) is 16.1 Å². The summed E-state index contributed by atoms with van der Waals surface area (Å²) in [4.78, 5) is 27.9. The van der Waals surface area contributed by atoms with Gasteiger partial charge in [-0.2, -0.15) is 13.2 Å². The van der Waals surface area contributed by atoms with Gasteiger partial charge in [-0.15, -0.1) is 0 Å². The van der Waals surface area contributed by atoms with Crippen LogP contribution in [0.3, 0.4) is 0 Å². The van der Waals surface area contributed by atoms with Gasteiger partial charge >= 0.3 is 6.18 Å². The predicted octanol–water partition coefficient (Wildman–Crippen LogP) is 5.89. The smallest absolute Gasteiger partial charge is 0.352 e. The lowest BCUT2D eigenvalue weighted by atomic mass is 10.1. The van der Waals surface area contributed by atoms with Crippen molar-refractivity contribution in [2.24, 2.45) is 0 Å². The van der Waals surface area contributed by atoms with Crippen LogP contribution in [-0.2, 0) is 32.3 Å². The van der Waals surface area contributed by atoms with Gasteiger partial charge in [0.1, 0.15) is 12.6 Å². The molecule has 0 unspecified atom stereocenters. The average Bonchev–Trinajstić information content (AvgIpc) is 2.94. The Balaban J connectivity index is 2.08. The fourth-order valence-corrected chi connectivity index (χ4v) is 5.61. The summed E-state index contributed by atoms with van der Waals surface area (Å²) in [7, 11) is -4.50. The highest BCUT2D eigenvalue weighted by atomic mass is 35.5. The third-order valence-electron chi connectivity index (χ3n) is 6.48. The van der Waals surface area contributed by atoms with Crippen molar-refractivity contribution < 1.29 is 31.2 Å². The van der Waals surface area contributed by atoms with Gasteiger partial charge in [0.15, 0.2) is 0 Å². The summed E-state index contributed by atoms with van der Waals surface area (Å²) < 4.78 is 68.7. The lowest BCUT2D eigenvalue weighted by Gasteiger charge is -2.32. The number of amides is 2. The zero-order valence-electron chi connectivity index (χ0n) is 22.7. The van der Waals surface area contributed by atoms with Crippen molar-refractivity contribution in [3.8, 4) is 0 Å². The molecule has 0 aliphatic heterocycles. The summed E-state index contributed by atoms with van der Waals surface area (Å²) in [6.07, 6.45) is -4.11. The van der Waals surface area contributed by atoms with Gasteiger partial charge in [-0.25, -0.2) is 8.42 Å². The molecular weight excluding hydrogens is 579 g/mol. The van der Waals surface area contributed by atoms with Crippen molar-refractivity contribution >= 4 is 39.1 Å². The van der Waals surface area contributed by atoms with E-state index in [0.29, 0.717) is 27.4 Å². The molecule has 0 aliphatic carbocycles. The van der Waals surface area contributed by atoms with E-state index in [9.17, 15) is 31.2 Å². The van der Waals surface area contributed by atoms with Crippen LogP contribution in [0.5, 0.6) is 0 Å². The highest BCUT2D eigenvalue weighted by Crippen LogP contribution is 2.33. The van der Waals surface area contributed by atoms with Crippen molar-refractivity contribution in [3.05, 3.63) is 95.0 Å². The van der Waals surface area contributed by atoms with Crippen LogP contribution in [0.4, 0.5) is 18.9 Å². The Labute approximate surface area is 243 Å². The predicted molar refractivity (Wildman–Crippen MR) is 152 cm³/mol. The van der Waals surface area contributed by atoms with Crippen molar-refractivity contribution in [1.82, 2.24) is 10.2 Å². The molecule has 3 rings (SSSR count). The molecule has 220 valence electrons. The third kappa shape index (κ3) is 8.23. The molecule has 1 N–H and O–H groups in total. The zero-order chi connectivity index (χ0) is 30.4. The number of sulfonamides is 1. The number of benzene rings is 3. The Bertz CT molecular complexity index is 1470. The lowest BCUT2D eigenvalue weighted by molar-refractivity contribution is -0.139. The van der Waals surface area contributed by atoms with E-state index in [4.69, 9.17) is 11.6 Å². The summed E-state index contributed by atoms with van der Waals surface area (Å²) in [6.45, 7) is 4.22. The molecule has 3 aromatic rings. The maximum absolute atomic E-state index is 13.9. The second kappa shape index (κ2) is 13.4. The third-order valence-corrected chi connectivity index (χ3v) is 8.50. The first-order valence-electron chi connectivity index (χ1n) is 12.8. The topological polar surface area (TPSA) is 86.8 Å². The first-order valence-corrected chi connectivity index (χ1v) is 14.6. The summed E-state index contributed by atoms with van der Waals surface area (Å²) in [5.41, 5.74) is -0.852. The first-order chi connectivity index (χ1) is 19.2. The van der Waals surface area contributed by atoms with Crippen LogP contribution in [0.2, 0.25) is 5.02 Å². The fraction of sp³-hybridized carbons (Fsp3) is 0.310. The highest BCUT2D eigenvalue weighted by Gasteiger charge is 2.35. The molecule has 0 fully saturated rings. The maximum atomic E-state index is 13.9. The number of halogens is 4. The molecule has 41 heavy (non-hydrogen) atoms. The minimum Gasteiger partial charge on any atom is -0.352 e. The molecule has 12 heteroatoms. The van der Waals surface area contributed by atoms with Crippen molar-refractivity contribution in [3.63, 3.8) is 0 Å². The molecule has 0 saturated carbocycles. The molecule has 0 bridgehead atoms. The molecule has 0 spiro atoms. The van der Waals surface area contributed by atoms with E-state index in [1.807, 2.05) is 6.92 Å². The Morgan fingerprint density at radius 2 is 1.61 bits per heavy atom. The molecule has 0 aliphatic rings. The average molecular weight is 610 g/mol. The Kier molecular flexibility index (Phi) is 10.4. The fourth-order valence-electron chi connectivity index (χ4n) is 3.97. The standard InChI is InChI=1S/C29H31ClF3N3O4S/c1-4-20(2)34-28(38)21(3)35(18-22-10-8-12-24(30)16-22)27(37)19-36(41(39,40)26-14-6-5-7-15-26)25-13-9-11-23(17-25)29(31,32)33/h5-17,20-21H,4,18-19H2,1-3H3,(H,34,38)/t20-,21-/m1/s1. The minimum absolute atomic E-state index is 0.101. The van der Waals surface area contributed by atoms with Crippen LogP contribution >= 0.6 is 11.6 Å². The molecule has 7 nitrogen and oxygen atoms in total. The molecule has 2 amide bonds.